The number of nitrogens with zero attached hydrogens (tertiary/aromatic N) is 1. The van der Waals surface area contributed by atoms with E-state index in [1.54, 1.807) is 12.1 Å². The number of nitrogens with one attached hydrogen (secondary N) is 2. The molecule has 90 valence electrons. The van der Waals surface area contributed by atoms with Crippen LogP contribution in [-0.4, -0.2) is 23.4 Å². The van der Waals surface area contributed by atoms with Crippen LogP contribution in [0.25, 0.3) is 0 Å². The van der Waals surface area contributed by atoms with Gasteiger partial charge in [-0.25, -0.2) is 0 Å². The van der Waals surface area contributed by atoms with Crippen molar-refractivity contribution in [3.8, 4) is 0 Å². The molecule has 1 aromatic rings. The molecule has 2 N–H and O–H groups in total. The highest BCUT2D eigenvalue weighted by Gasteiger charge is 2.24. The standard InChI is InChI=1S/C10H10BrN3O3/c11-6-1-2-9(14(16)17)8(3-6)13-7-4-10(15)12-5-7/h1-3,7,13H,4-5H2,(H,12,15). The second-order valence-electron chi connectivity index (χ2n) is 3.77. The zero-order valence-corrected chi connectivity index (χ0v) is 10.4. The van der Waals surface area contributed by atoms with Crippen molar-refractivity contribution in [2.45, 2.75) is 12.5 Å². The van der Waals surface area contributed by atoms with Gasteiger partial charge in [0, 0.05) is 23.5 Å². The van der Waals surface area contributed by atoms with Crippen molar-refractivity contribution in [1.29, 1.82) is 0 Å². The molecule has 1 aliphatic rings. The summed E-state index contributed by atoms with van der Waals surface area (Å²) in [5.74, 6) is -0.0415. The Morgan fingerprint density at radius 2 is 2.29 bits per heavy atom. The van der Waals surface area contributed by atoms with Crippen molar-refractivity contribution >= 4 is 33.2 Å². The molecule has 1 saturated heterocycles. The van der Waals surface area contributed by atoms with Crippen molar-refractivity contribution in [3.05, 3.63) is 32.8 Å². The van der Waals surface area contributed by atoms with Gasteiger partial charge in [-0.1, -0.05) is 15.9 Å². The lowest BCUT2D eigenvalue weighted by atomic mass is 10.2. The highest BCUT2D eigenvalue weighted by molar-refractivity contribution is 9.10. The Bertz CT molecular complexity index is 478. The van der Waals surface area contributed by atoms with E-state index in [9.17, 15) is 14.9 Å². The maximum Gasteiger partial charge on any atom is 0.292 e. The molecule has 0 aromatic heterocycles. The van der Waals surface area contributed by atoms with E-state index in [2.05, 4.69) is 26.6 Å². The van der Waals surface area contributed by atoms with Crippen LogP contribution in [0.2, 0.25) is 0 Å². The maximum absolute atomic E-state index is 11.0. The monoisotopic (exact) mass is 299 g/mol. The van der Waals surface area contributed by atoms with Crippen LogP contribution in [-0.2, 0) is 4.79 Å². The Hall–Kier alpha value is -1.63. The summed E-state index contributed by atoms with van der Waals surface area (Å²) in [5.41, 5.74) is 0.429. The lowest BCUT2D eigenvalue weighted by Crippen LogP contribution is -2.22. The molecule has 0 radical (unpaired) electrons. The number of amides is 1. The largest absolute Gasteiger partial charge is 0.374 e. The normalized spacial score (nSPS) is 18.9. The number of carbonyl (C=O) groups is 1. The third-order valence-corrected chi connectivity index (χ3v) is 2.99. The van der Waals surface area contributed by atoms with Gasteiger partial charge in [-0.2, -0.15) is 0 Å². The molecule has 1 aromatic carbocycles. The van der Waals surface area contributed by atoms with Crippen LogP contribution in [0, 0.1) is 10.1 Å². The van der Waals surface area contributed by atoms with Crippen LogP contribution < -0.4 is 10.6 Å². The van der Waals surface area contributed by atoms with E-state index >= 15 is 0 Å². The summed E-state index contributed by atoms with van der Waals surface area (Å²) in [4.78, 5) is 21.4. The first-order chi connectivity index (χ1) is 8.06. The Labute approximate surface area is 106 Å². The van der Waals surface area contributed by atoms with Crippen LogP contribution in [0.4, 0.5) is 11.4 Å². The molecule has 17 heavy (non-hydrogen) atoms. The van der Waals surface area contributed by atoms with E-state index < -0.39 is 4.92 Å². The van der Waals surface area contributed by atoms with E-state index in [1.807, 2.05) is 0 Å². The molecule has 0 bridgehead atoms. The summed E-state index contributed by atoms with van der Waals surface area (Å²) < 4.78 is 0.753. The van der Waals surface area contributed by atoms with Gasteiger partial charge in [-0.05, 0) is 12.1 Å². The summed E-state index contributed by atoms with van der Waals surface area (Å²) in [6, 6.07) is 4.58. The smallest absolute Gasteiger partial charge is 0.292 e. The van der Waals surface area contributed by atoms with Gasteiger partial charge < -0.3 is 10.6 Å². The number of carbonyl (C=O) groups excluding carboxylic acids is 1. The summed E-state index contributed by atoms with van der Waals surface area (Å²) in [5, 5.41) is 16.5. The quantitative estimate of drug-likeness (QED) is 0.657. The lowest BCUT2D eigenvalue weighted by Gasteiger charge is -2.12. The highest BCUT2D eigenvalue weighted by Crippen LogP contribution is 2.29. The second-order valence-corrected chi connectivity index (χ2v) is 4.68. The fourth-order valence-electron chi connectivity index (χ4n) is 1.71. The third kappa shape index (κ3) is 2.73. The van der Waals surface area contributed by atoms with Crippen molar-refractivity contribution < 1.29 is 9.72 Å². The Morgan fingerprint density at radius 3 is 2.88 bits per heavy atom. The average Bonchev–Trinajstić information content (AvgIpc) is 2.63. The fourth-order valence-corrected chi connectivity index (χ4v) is 2.07. The van der Waals surface area contributed by atoms with Crippen molar-refractivity contribution in [1.82, 2.24) is 5.32 Å². The fraction of sp³-hybridized carbons (Fsp3) is 0.300. The van der Waals surface area contributed by atoms with Gasteiger partial charge in [0.2, 0.25) is 5.91 Å². The van der Waals surface area contributed by atoms with Crippen molar-refractivity contribution in [2.75, 3.05) is 11.9 Å². The van der Waals surface area contributed by atoms with Crippen LogP contribution in [0.5, 0.6) is 0 Å². The van der Waals surface area contributed by atoms with Gasteiger partial charge in [0.1, 0.15) is 5.69 Å². The minimum absolute atomic E-state index is 0.00699. The molecular weight excluding hydrogens is 290 g/mol. The average molecular weight is 300 g/mol. The number of nitro groups is 1. The molecule has 1 aliphatic heterocycles. The Balaban J connectivity index is 2.21. The molecule has 1 amide bonds. The number of anilines is 1. The molecule has 6 nitrogen and oxygen atoms in total. The first-order valence-electron chi connectivity index (χ1n) is 5.03. The predicted molar refractivity (Wildman–Crippen MR) is 65.8 cm³/mol. The number of rotatable bonds is 3. The minimum atomic E-state index is -0.445. The molecule has 0 aliphatic carbocycles. The van der Waals surface area contributed by atoms with Gasteiger partial charge in [0.15, 0.2) is 0 Å². The Morgan fingerprint density at radius 1 is 1.53 bits per heavy atom. The van der Waals surface area contributed by atoms with Gasteiger partial charge in [-0.15, -0.1) is 0 Å². The van der Waals surface area contributed by atoms with Crippen LogP contribution in [0.1, 0.15) is 6.42 Å². The second kappa shape index (κ2) is 4.70. The molecule has 1 heterocycles. The first kappa shape index (κ1) is 11.8. The predicted octanol–water partition coefficient (Wildman–Crippen LogP) is 1.66. The van der Waals surface area contributed by atoms with Gasteiger partial charge in [-0.3, -0.25) is 14.9 Å². The first-order valence-corrected chi connectivity index (χ1v) is 5.83. The molecule has 0 saturated carbocycles. The van der Waals surface area contributed by atoms with E-state index in [0.717, 1.165) is 4.47 Å². The SMILES string of the molecule is O=C1CC(Nc2cc(Br)ccc2[N+](=O)[O-])CN1. The van der Waals surface area contributed by atoms with Crippen LogP contribution in [0.15, 0.2) is 22.7 Å². The topological polar surface area (TPSA) is 84.3 Å². The van der Waals surface area contributed by atoms with Crippen LogP contribution in [0.3, 0.4) is 0 Å². The lowest BCUT2D eigenvalue weighted by molar-refractivity contribution is -0.384. The molecule has 1 atom stereocenters. The zero-order chi connectivity index (χ0) is 12.4. The number of hydrogen-bond acceptors (Lipinski definition) is 4. The van der Waals surface area contributed by atoms with Gasteiger partial charge in [0.05, 0.1) is 11.0 Å². The molecule has 2 rings (SSSR count). The molecule has 1 unspecified atom stereocenters. The molecule has 1 fully saturated rings. The van der Waals surface area contributed by atoms with Gasteiger partial charge >= 0.3 is 0 Å². The number of benzene rings is 1. The van der Waals surface area contributed by atoms with Crippen molar-refractivity contribution in [2.24, 2.45) is 0 Å². The summed E-state index contributed by atoms with van der Waals surface area (Å²) in [6.45, 7) is 0.489. The number of halogens is 1. The molecule has 7 heteroatoms. The van der Waals surface area contributed by atoms with E-state index in [-0.39, 0.29) is 17.6 Å². The Kier molecular flexibility index (Phi) is 3.28. The van der Waals surface area contributed by atoms with Crippen LogP contribution >= 0.6 is 15.9 Å². The maximum atomic E-state index is 11.0. The molecule has 0 spiro atoms. The molecular formula is C10H10BrN3O3. The highest BCUT2D eigenvalue weighted by atomic mass is 79.9. The van der Waals surface area contributed by atoms with E-state index in [4.69, 9.17) is 0 Å². The number of hydrogen-bond donors (Lipinski definition) is 2. The minimum Gasteiger partial charge on any atom is -0.374 e. The van der Waals surface area contributed by atoms with Gasteiger partial charge in [0.25, 0.3) is 5.69 Å². The summed E-state index contributed by atoms with van der Waals surface area (Å²) >= 11 is 3.26. The number of nitro benzene ring substituents is 1. The third-order valence-electron chi connectivity index (χ3n) is 2.49. The zero-order valence-electron chi connectivity index (χ0n) is 8.77. The summed E-state index contributed by atoms with van der Waals surface area (Å²) in [7, 11) is 0. The summed E-state index contributed by atoms with van der Waals surface area (Å²) in [6.07, 6.45) is 0.337. The van der Waals surface area contributed by atoms with E-state index in [0.29, 0.717) is 18.7 Å². The van der Waals surface area contributed by atoms with E-state index in [1.165, 1.54) is 6.07 Å². The van der Waals surface area contributed by atoms with Crippen molar-refractivity contribution in [3.63, 3.8) is 0 Å².